The number of fused-ring (bicyclic) bond motifs is 3. The first-order valence-corrected chi connectivity index (χ1v) is 22.3. The van der Waals surface area contributed by atoms with Crippen LogP contribution in [0.1, 0.15) is 167 Å². The fraction of sp³-hybridized carbons (Fsp3) is 0.529. The summed E-state index contributed by atoms with van der Waals surface area (Å²) in [7, 11) is -0.931. The Bertz CT molecular complexity index is 1880. The molecule has 0 radical (unpaired) electrons. The van der Waals surface area contributed by atoms with Crippen molar-refractivity contribution in [3.8, 4) is 11.1 Å². The van der Waals surface area contributed by atoms with Crippen LogP contribution < -0.4 is 10.9 Å². The number of hydrogen-bond acceptors (Lipinski definition) is 4. The quantitative estimate of drug-likeness (QED) is 0.0740. The molecule has 57 heavy (non-hydrogen) atoms. The molecule has 0 bridgehead atoms. The van der Waals surface area contributed by atoms with Gasteiger partial charge >= 0.3 is 14.2 Å². The molecule has 2 fully saturated rings. The van der Waals surface area contributed by atoms with Crippen LogP contribution in [0.5, 0.6) is 0 Å². The lowest BCUT2D eigenvalue weighted by Gasteiger charge is -2.35. The van der Waals surface area contributed by atoms with Gasteiger partial charge in [0.05, 0.1) is 27.8 Å². The second kappa shape index (κ2) is 16.5. The maximum absolute atomic E-state index is 6.69. The fourth-order valence-electron chi connectivity index (χ4n) is 9.11. The Morgan fingerprint density at radius 1 is 0.404 bits per heavy atom. The Labute approximate surface area is 346 Å². The van der Waals surface area contributed by atoms with Crippen LogP contribution in [0, 0.1) is 0 Å². The lowest BCUT2D eigenvalue weighted by atomic mass is 9.65. The third-order valence-corrected chi connectivity index (χ3v) is 14.1. The van der Waals surface area contributed by atoms with Crippen molar-refractivity contribution in [3.63, 3.8) is 0 Å². The molecule has 0 spiro atoms. The van der Waals surface area contributed by atoms with E-state index in [1.165, 1.54) is 109 Å². The molecule has 6 heteroatoms. The summed E-state index contributed by atoms with van der Waals surface area (Å²) in [6, 6.07) is 33.0. The van der Waals surface area contributed by atoms with Crippen molar-refractivity contribution in [2.45, 2.75) is 174 Å². The topological polar surface area (TPSA) is 36.9 Å². The molecule has 0 amide bonds. The Kier molecular flexibility index (Phi) is 12.1. The van der Waals surface area contributed by atoms with E-state index in [0.29, 0.717) is 0 Å². The zero-order valence-electron chi connectivity index (χ0n) is 36.9. The Morgan fingerprint density at radius 3 is 1.11 bits per heavy atom. The molecule has 0 N–H and O–H groups in total. The molecule has 0 unspecified atom stereocenters. The summed E-state index contributed by atoms with van der Waals surface area (Å²) in [4.78, 5) is 0. The van der Waals surface area contributed by atoms with E-state index in [1.54, 1.807) is 0 Å². The van der Waals surface area contributed by atoms with Gasteiger partial charge in [0.15, 0.2) is 0 Å². The maximum Gasteiger partial charge on any atom is 0.494 e. The molecule has 4 aromatic rings. The summed E-state index contributed by atoms with van der Waals surface area (Å²) >= 11 is 0. The highest BCUT2D eigenvalue weighted by molar-refractivity contribution is 6.62. The molecule has 1 aliphatic carbocycles. The molecular formula is C51H68B2O4. The number of aryl methyl sites for hydroxylation is 2. The van der Waals surface area contributed by atoms with Crippen molar-refractivity contribution in [3.05, 3.63) is 118 Å². The largest absolute Gasteiger partial charge is 0.494 e. The fourth-order valence-corrected chi connectivity index (χ4v) is 9.11. The standard InChI is InChI=1S/C51H68B2O4/c1-11-13-15-17-18-20-22-38-25-29-40(30-26-38)51(39-27-23-37(24-28-39)21-19-16-14-12-2)45-35-41(52-54-47(3,4)48(5,6)55-52)31-33-43(45)44-34-32-42(36-46(44)51)53-56-49(7,8)50(9,10)57-53/h23-36H,11-22H2,1-10H3. The molecular weight excluding hydrogens is 698 g/mol. The first-order chi connectivity index (χ1) is 27.1. The van der Waals surface area contributed by atoms with Crippen LogP contribution >= 0.6 is 0 Å². The molecule has 4 nitrogen and oxygen atoms in total. The van der Waals surface area contributed by atoms with E-state index in [9.17, 15) is 0 Å². The van der Waals surface area contributed by atoms with Crippen molar-refractivity contribution in [1.29, 1.82) is 0 Å². The predicted octanol–water partition coefficient (Wildman–Crippen LogP) is 11.7. The van der Waals surface area contributed by atoms with E-state index in [2.05, 4.69) is 154 Å². The summed E-state index contributed by atoms with van der Waals surface area (Å²) in [6.45, 7) is 21.6. The van der Waals surface area contributed by atoms with Gasteiger partial charge < -0.3 is 18.6 Å². The third-order valence-electron chi connectivity index (χ3n) is 14.1. The normalized spacial score (nSPS) is 19.5. The van der Waals surface area contributed by atoms with E-state index in [1.807, 2.05) is 0 Å². The van der Waals surface area contributed by atoms with Gasteiger partial charge in [0, 0.05) is 0 Å². The third kappa shape index (κ3) is 7.98. The minimum Gasteiger partial charge on any atom is -0.399 e. The minimum absolute atomic E-state index is 0.437. The summed E-state index contributed by atoms with van der Waals surface area (Å²) in [5.74, 6) is 0. The average Bonchev–Trinajstić information content (AvgIpc) is 3.69. The van der Waals surface area contributed by atoms with Crippen molar-refractivity contribution < 1.29 is 18.6 Å². The average molecular weight is 767 g/mol. The number of rotatable bonds is 16. The SMILES string of the molecule is CCCCCCCCc1ccc(C2(c3ccc(CCCCCC)cc3)c3cc(B4OC(C)(C)C(C)(C)O4)ccc3-c3ccc(B4OC(C)(C)C(C)(C)O4)cc32)cc1. The van der Waals surface area contributed by atoms with Crippen molar-refractivity contribution in [2.75, 3.05) is 0 Å². The zero-order valence-corrected chi connectivity index (χ0v) is 36.9. The molecule has 0 aromatic heterocycles. The highest BCUT2D eigenvalue weighted by Crippen LogP contribution is 2.56. The van der Waals surface area contributed by atoms with Crippen molar-refractivity contribution in [1.82, 2.24) is 0 Å². The van der Waals surface area contributed by atoms with Crippen LogP contribution in [0.15, 0.2) is 84.9 Å². The van der Waals surface area contributed by atoms with Gasteiger partial charge in [-0.15, -0.1) is 0 Å². The van der Waals surface area contributed by atoms with Gasteiger partial charge in [-0.2, -0.15) is 0 Å². The van der Waals surface area contributed by atoms with E-state index in [0.717, 1.165) is 23.8 Å². The minimum atomic E-state index is -0.594. The predicted molar refractivity (Wildman–Crippen MR) is 240 cm³/mol. The van der Waals surface area contributed by atoms with E-state index in [4.69, 9.17) is 18.6 Å². The van der Waals surface area contributed by atoms with Crippen LogP contribution in [-0.4, -0.2) is 36.6 Å². The summed E-state index contributed by atoms with van der Waals surface area (Å²) in [6.07, 6.45) is 15.1. The van der Waals surface area contributed by atoms with Crippen molar-refractivity contribution >= 4 is 25.2 Å². The van der Waals surface area contributed by atoms with Crippen LogP contribution in [-0.2, 0) is 36.9 Å². The van der Waals surface area contributed by atoms with Gasteiger partial charge in [0.25, 0.3) is 0 Å². The lowest BCUT2D eigenvalue weighted by Crippen LogP contribution is -2.41. The number of unbranched alkanes of at least 4 members (excludes halogenated alkanes) is 8. The Morgan fingerprint density at radius 2 is 0.737 bits per heavy atom. The lowest BCUT2D eigenvalue weighted by molar-refractivity contribution is 0.00578. The molecule has 302 valence electrons. The second-order valence-corrected chi connectivity index (χ2v) is 19.3. The Balaban J connectivity index is 1.38. The molecule has 2 saturated heterocycles. The van der Waals surface area contributed by atoms with E-state index in [-0.39, 0.29) is 0 Å². The molecule has 7 rings (SSSR count). The molecule has 2 heterocycles. The smallest absolute Gasteiger partial charge is 0.399 e. The molecule has 2 aliphatic heterocycles. The highest BCUT2D eigenvalue weighted by atomic mass is 16.7. The zero-order chi connectivity index (χ0) is 40.6. The van der Waals surface area contributed by atoms with E-state index < -0.39 is 42.1 Å². The summed E-state index contributed by atoms with van der Waals surface area (Å²) in [5.41, 5.74) is 10.1. The Hall–Kier alpha value is -3.15. The molecule has 0 atom stereocenters. The van der Waals surface area contributed by atoms with Crippen LogP contribution in [0.4, 0.5) is 0 Å². The van der Waals surface area contributed by atoms with Gasteiger partial charge in [0.1, 0.15) is 0 Å². The van der Waals surface area contributed by atoms with E-state index >= 15 is 0 Å². The molecule has 0 saturated carbocycles. The highest BCUT2D eigenvalue weighted by Gasteiger charge is 2.55. The summed E-state index contributed by atoms with van der Waals surface area (Å²) < 4.78 is 26.8. The van der Waals surface area contributed by atoms with Gasteiger partial charge in [-0.1, -0.05) is 150 Å². The second-order valence-electron chi connectivity index (χ2n) is 19.3. The van der Waals surface area contributed by atoms with Gasteiger partial charge in [-0.3, -0.25) is 0 Å². The first-order valence-electron chi connectivity index (χ1n) is 22.3. The molecule has 3 aliphatic rings. The monoisotopic (exact) mass is 767 g/mol. The molecule has 4 aromatic carbocycles. The maximum atomic E-state index is 6.69. The number of benzene rings is 4. The van der Waals surface area contributed by atoms with Crippen LogP contribution in [0.3, 0.4) is 0 Å². The van der Waals surface area contributed by atoms with Gasteiger partial charge in [0.2, 0.25) is 0 Å². The van der Waals surface area contributed by atoms with Crippen LogP contribution in [0.25, 0.3) is 11.1 Å². The van der Waals surface area contributed by atoms with Crippen molar-refractivity contribution in [2.24, 2.45) is 0 Å². The van der Waals surface area contributed by atoms with Gasteiger partial charge in [-0.05, 0) is 137 Å². The number of hydrogen-bond donors (Lipinski definition) is 0. The summed E-state index contributed by atoms with van der Waals surface area (Å²) in [5, 5.41) is 0. The first kappa shape index (κ1) is 42.0. The van der Waals surface area contributed by atoms with Crippen LogP contribution in [0.2, 0.25) is 0 Å². The van der Waals surface area contributed by atoms with Gasteiger partial charge in [-0.25, -0.2) is 0 Å².